The number of methoxy groups -OCH3 is 1. The van der Waals surface area contributed by atoms with Gasteiger partial charge in [-0.15, -0.1) is 0 Å². The third-order valence-electron chi connectivity index (χ3n) is 2.56. The van der Waals surface area contributed by atoms with Crippen molar-refractivity contribution in [1.82, 2.24) is 0 Å². The lowest BCUT2D eigenvalue weighted by atomic mass is 9.99. The first-order valence-corrected chi connectivity index (χ1v) is 4.71. The van der Waals surface area contributed by atoms with Crippen LogP contribution in [0, 0.1) is 0 Å². The molecular weight excluding hydrogens is 194 g/mol. The van der Waals surface area contributed by atoms with Gasteiger partial charge in [0.2, 0.25) is 5.60 Å². The fourth-order valence-corrected chi connectivity index (χ4v) is 1.81. The highest BCUT2D eigenvalue weighted by atomic mass is 16.6. The molecule has 4 nitrogen and oxygen atoms in total. The van der Waals surface area contributed by atoms with Crippen molar-refractivity contribution in [3.63, 3.8) is 0 Å². The summed E-state index contributed by atoms with van der Waals surface area (Å²) < 4.78 is 10.3. The Bertz CT molecular complexity index is 416. The molecule has 0 aliphatic carbocycles. The van der Waals surface area contributed by atoms with Crippen molar-refractivity contribution in [2.75, 3.05) is 12.8 Å². The fourth-order valence-electron chi connectivity index (χ4n) is 1.81. The standard InChI is InChI=1S/C11H13NO3/c1-11(10(13)14-2)6-7-5-8(12)3-4-9(7)15-11/h3-5H,6,12H2,1-2H3. The summed E-state index contributed by atoms with van der Waals surface area (Å²) in [5.74, 6) is 0.342. The maximum atomic E-state index is 11.5. The van der Waals surface area contributed by atoms with E-state index in [2.05, 4.69) is 0 Å². The lowest BCUT2D eigenvalue weighted by Crippen LogP contribution is -2.40. The lowest BCUT2D eigenvalue weighted by molar-refractivity contribution is -0.156. The second-order valence-electron chi connectivity index (χ2n) is 3.87. The van der Waals surface area contributed by atoms with Crippen LogP contribution >= 0.6 is 0 Å². The van der Waals surface area contributed by atoms with Crippen molar-refractivity contribution in [3.05, 3.63) is 23.8 Å². The van der Waals surface area contributed by atoms with Gasteiger partial charge in [-0.2, -0.15) is 0 Å². The highest BCUT2D eigenvalue weighted by Crippen LogP contribution is 2.36. The summed E-state index contributed by atoms with van der Waals surface area (Å²) in [6, 6.07) is 5.35. The zero-order valence-corrected chi connectivity index (χ0v) is 8.74. The molecule has 0 fully saturated rings. The summed E-state index contributed by atoms with van der Waals surface area (Å²) in [6.07, 6.45) is 0.500. The van der Waals surface area contributed by atoms with Crippen molar-refractivity contribution in [2.45, 2.75) is 18.9 Å². The molecule has 1 aromatic rings. The molecular formula is C11H13NO3. The molecule has 0 amide bonds. The Kier molecular flexibility index (Phi) is 2.07. The van der Waals surface area contributed by atoms with E-state index in [1.807, 2.05) is 6.07 Å². The van der Waals surface area contributed by atoms with Gasteiger partial charge in [0.1, 0.15) is 5.75 Å². The first kappa shape index (κ1) is 9.83. The quantitative estimate of drug-likeness (QED) is 0.554. The number of fused-ring (bicyclic) bond motifs is 1. The number of rotatable bonds is 1. The molecule has 0 saturated carbocycles. The summed E-state index contributed by atoms with van der Waals surface area (Å²) in [5.41, 5.74) is 6.36. The highest BCUT2D eigenvalue weighted by molar-refractivity contribution is 5.81. The number of carbonyl (C=O) groups is 1. The first-order valence-electron chi connectivity index (χ1n) is 4.71. The Morgan fingerprint density at radius 2 is 2.33 bits per heavy atom. The van der Waals surface area contributed by atoms with Crippen molar-refractivity contribution in [2.24, 2.45) is 0 Å². The third kappa shape index (κ3) is 1.52. The Morgan fingerprint density at radius 3 is 3.00 bits per heavy atom. The van der Waals surface area contributed by atoms with Crippen LogP contribution in [0.2, 0.25) is 0 Å². The molecule has 1 aliphatic heterocycles. The first-order chi connectivity index (χ1) is 7.05. The minimum Gasteiger partial charge on any atom is -0.475 e. The number of hydrogen-bond acceptors (Lipinski definition) is 4. The molecule has 1 atom stereocenters. The SMILES string of the molecule is COC(=O)C1(C)Cc2cc(N)ccc2O1. The van der Waals surface area contributed by atoms with Crippen LogP contribution in [0.3, 0.4) is 0 Å². The molecule has 0 spiro atoms. The molecule has 1 aromatic carbocycles. The highest BCUT2D eigenvalue weighted by Gasteiger charge is 2.42. The van der Waals surface area contributed by atoms with Crippen molar-refractivity contribution in [3.8, 4) is 5.75 Å². The molecule has 2 N–H and O–H groups in total. The van der Waals surface area contributed by atoms with Gasteiger partial charge in [-0.05, 0) is 25.1 Å². The molecule has 1 aliphatic rings. The van der Waals surface area contributed by atoms with Crippen LogP contribution < -0.4 is 10.5 Å². The molecule has 0 radical (unpaired) electrons. The summed E-state index contributed by atoms with van der Waals surface area (Å²) in [4.78, 5) is 11.5. The summed E-state index contributed by atoms with van der Waals surface area (Å²) >= 11 is 0. The smallest absolute Gasteiger partial charge is 0.350 e. The molecule has 1 heterocycles. The van der Waals surface area contributed by atoms with Gasteiger partial charge in [0.05, 0.1) is 7.11 Å². The Labute approximate surface area is 88.0 Å². The van der Waals surface area contributed by atoms with Crippen LogP contribution in [0.4, 0.5) is 5.69 Å². The summed E-state index contributed by atoms with van der Waals surface area (Å²) in [6.45, 7) is 1.72. The van der Waals surface area contributed by atoms with Crippen LogP contribution in [-0.2, 0) is 16.0 Å². The van der Waals surface area contributed by atoms with E-state index in [1.54, 1.807) is 19.1 Å². The van der Waals surface area contributed by atoms with Crippen LogP contribution in [0.15, 0.2) is 18.2 Å². The average Bonchev–Trinajstić information content (AvgIpc) is 2.53. The minimum atomic E-state index is -0.912. The van der Waals surface area contributed by atoms with Crippen LogP contribution in [0.5, 0.6) is 5.75 Å². The van der Waals surface area contributed by atoms with E-state index >= 15 is 0 Å². The van der Waals surface area contributed by atoms with E-state index in [4.69, 9.17) is 15.2 Å². The van der Waals surface area contributed by atoms with Crippen molar-refractivity contribution >= 4 is 11.7 Å². The Hall–Kier alpha value is -1.71. The normalized spacial score (nSPS) is 23.1. The van der Waals surface area contributed by atoms with Gasteiger partial charge in [0.15, 0.2) is 0 Å². The van der Waals surface area contributed by atoms with E-state index < -0.39 is 5.60 Å². The Balaban J connectivity index is 2.32. The zero-order chi connectivity index (χ0) is 11.1. The lowest BCUT2D eigenvalue weighted by Gasteiger charge is -2.20. The van der Waals surface area contributed by atoms with Gasteiger partial charge in [-0.1, -0.05) is 0 Å². The second-order valence-corrected chi connectivity index (χ2v) is 3.87. The molecule has 1 unspecified atom stereocenters. The van der Waals surface area contributed by atoms with Gasteiger partial charge in [0, 0.05) is 17.7 Å². The largest absolute Gasteiger partial charge is 0.475 e. The third-order valence-corrected chi connectivity index (χ3v) is 2.56. The van der Waals surface area contributed by atoms with Gasteiger partial charge < -0.3 is 15.2 Å². The van der Waals surface area contributed by atoms with Crippen LogP contribution in [0.25, 0.3) is 0 Å². The second kappa shape index (κ2) is 3.15. The number of benzene rings is 1. The van der Waals surface area contributed by atoms with Crippen molar-refractivity contribution < 1.29 is 14.3 Å². The predicted octanol–water partition coefficient (Wildman–Crippen LogP) is 1.14. The average molecular weight is 207 g/mol. The maximum Gasteiger partial charge on any atom is 0.350 e. The van der Waals surface area contributed by atoms with Crippen LogP contribution in [0.1, 0.15) is 12.5 Å². The van der Waals surface area contributed by atoms with E-state index in [1.165, 1.54) is 7.11 Å². The number of ether oxygens (including phenoxy) is 2. The van der Waals surface area contributed by atoms with E-state index in [0.717, 1.165) is 5.56 Å². The minimum absolute atomic E-state index is 0.364. The summed E-state index contributed by atoms with van der Waals surface area (Å²) in [5, 5.41) is 0. The summed E-state index contributed by atoms with van der Waals surface area (Å²) in [7, 11) is 1.36. The molecule has 4 heteroatoms. The molecule has 15 heavy (non-hydrogen) atoms. The predicted molar refractivity (Wildman–Crippen MR) is 55.6 cm³/mol. The van der Waals surface area contributed by atoms with Gasteiger partial charge in [-0.3, -0.25) is 0 Å². The van der Waals surface area contributed by atoms with Crippen molar-refractivity contribution in [1.29, 1.82) is 0 Å². The zero-order valence-electron chi connectivity index (χ0n) is 8.74. The number of nitrogens with two attached hydrogens (primary N) is 1. The van der Waals surface area contributed by atoms with Gasteiger partial charge >= 0.3 is 5.97 Å². The number of carbonyl (C=O) groups excluding carboxylic acids is 1. The van der Waals surface area contributed by atoms with E-state index in [0.29, 0.717) is 17.9 Å². The number of nitrogen functional groups attached to an aromatic ring is 1. The molecule has 2 rings (SSSR count). The van der Waals surface area contributed by atoms with Gasteiger partial charge in [-0.25, -0.2) is 4.79 Å². The monoisotopic (exact) mass is 207 g/mol. The Morgan fingerprint density at radius 1 is 1.60 bits per heavy atom. The topological polar surface area (TPSA) is 61.5 Å². The van der Waals surface area contributed by atoms with E-state index in [-0.39, 0.29) is 5.97 Å². The molecule has 80 valence electrons. The molecule has 0 aromatic heterocycles. The molecule has 0 bridgehead atoms. The van der Waals surface area contributed by atoms with E-state index in [9.17, 15) is 4.79 Å². The number of esters is 1. The van der Waals surface area contributed by atoms with Gasteiger partial charge in [0.25, 0.3) is 0 Å². The number of anilines is 1. The maximum absolute atomic E-state index is 11.5. The fraction of sp³-hybridized carbons (Fsp3) is 0.364. The van der Waals surface area contributed by atoms with Crippen LogP contribution in [-0.4, -0.2) is 18.7 Å². The molecule has 0 saturated heterocycles. The number of hydrogen-bond donors (Lipinski definition) is 1.